The molecule has 3 heterocycles. The third-order valence-electron chi connectivity index (χ3n) is 6.19. The molecule has 0 spiro atoms. The van der Waals surface area contributed by atoms with Crippen molar-refractivity contribution < 1.29 is 18.0 Å². The minimum Gasteiger partial charge on any atom is -0.382 e. The molecule has 1 atom stereocenters. The fourth-order valence-corrected chi connectivity index (χ4v) is 4.12. The first-order chi connectivity index (χ1) is 16.7. The van der Waals surface area contributed by atoms with Crippen molar-refractivity contribution in [2.75, 3.05) is 12.3 Å². The first kappa shape index (κ1) is 22.6. The maximum Gasteiger partial charge on any atom is 0.417 e. The van der Waals surface area contributed by atoms with Crippen LogP contribution in [0.15, 0.2) is 49.1 Å². The van der Waals surface area contributed by atoms with Gasteiger partial charge in [0.05, 0.1) is 53.3 Å². The van der Waals surface area contributed by atoms with E-state index in [-0.39, 0.29) is 30.8 Å². The second kappa shape index (κ2) is 8.54. The Morgan fingerprint density at radius 3 is 2.69 bits per heavy atom. The number of pyridine rings is 1. The van der Waals surface area contributed by atoms with E-state index in [1.807, 2.05) is 0 Å². The van der Waals surface area contributed by atoms with Gasteiger partial charge in [0.15, 0.2) is 0 Å². The number of hydrogen-bond donors (Lipinski definition) is 1. The first-order valence-electron chi connectivity index (χ1n) is 11.0. The number of hydrogen-bond acceptors (Lipinski definition) is 6. The van der Waals surface area contributed by atoms with Crippen LogP contribution in [0.2, 0.25) is 0 Å². The fraction of sp³-hybridized carbons (Fsp3) is 0.292. The van der Waals surface area contributed by atoms with Gasteiger partial charge in [0.2, 0.25) is 0 Å². The second-order valence-electron chi connectivity index (χ2n) is 8.64. The number of amides is 1. The maximum atomic E-state index is 13.6. The average Bonchev–Trinajstić information content (AvgIpc) is 3.55. The Morgan fingerprint density at radius 2 is 2.03 bits per heavy atom. The summed E-state index contributed by atoms with van der Waals surface area (Å²) in [5, 5.41) is 9.63. The van der Waals surface area contributed by atoms with Crippen LogP contribution in [0.1, 0.15) is 34.5 Å². The van der Waals surface area contributed by atoms with Gasteiger partial charge in [-0.15, -0.1) is 0 Å². The number of nitriles is 1. The summed E-state index contributed by atoms with van der Waals surface area (Å²) in [4.78, 5) is 27.4. The Labute approximate surface area is 197 Å². The lowest BCUT2D eigenvalue weighted by atomic mass is 10.0. The van der Waals surface area contributed by atoms with Gasteiger partial charge in [-0.25, -0.2) is 9.97 Å². The zero-order valence-electron chi connectivity index (χ0n) is 18.4. The molecule has 11 heteroatoms. The van der Waals surface area contributed by atoms with Crippen molar-refractivity contribution in [2.45, 2.75) is 25.6 Å². The molecule has 1 aliphatic carbocycles. The SMILES string of the molecule is N#CC(CN(Cc1ccc(C(F)(F)F)cn1)C(=O)c1ccc2nc(N)c3cncn3c2c1)C1CC1. The van der Waals surface area contributed by atoms with Crippen LogP contribution in [0.3, 0.4) is 0 Å². The summed E-state index contributed by atoms with van der Waals surface area (Å²) in [6.07, 6.45) is 1.24. The Balaban J connectivity index is 1.49. The third-order valence-corrected chi connectivity index (χ3v) is 6.19. The Bertz CT molecular complexity index is 1450. The van der Waals surface area contributed by atoms with Gasteiger partial charge in [0.25, 0.3) is 5.91 Å². The van der Waals surface area contributed by atoms with Crippen molar-refractivity contribution in [2.24, 2.45) is 11.8 Å². The standard InChI is InChI=1S/C24H20F3N7O/c25-24(26,27)17-4-5-18(31-9-17)12-33(11-16(8-28)14-1-2-14)23(35)15-3-6-19-20(7-15)34-13-30-10-21(34)22(29)32-19/h3-7,9-10,13-14,16H,1-2,11-12H2,(H2,29,32). The van der Waals surface area contributed by atoms with E-state index in [1.165, 1.54) is 11.0 Å². The molecule has 4 aromatic rings. The third kappa shape index (κ3) is 4.47. The zero-order chi connectivity index (χ0) is 24.7. The van der Waals surface area contributed by atoms with E-state index in [4.69, 9.17) is 5.73 Å². The lowest BCUT2D eigenvalue weighted by molar-refractivity contribution is -0.137. The summed E-state index contributed by atoms with van der Waals surface area (Å²) in [7, 11) is 0. The van der Waals surface area contributed by atoms with Crippen LogP contribution >= 0.6 is 0 Å². The van der Waals surface area contributed by atoms with Crippen LogP contribution in [0, 0.1) is 23.2 Å². The highest BCUT2D eigenvalue weighted by Crippen LogP contribution is 2.37. The number of nitrogens with zero attached hydrogens (tertiary/aromatic N) is 6. The van der Waals surface area contributed by atoms with Gasteiger partial charge in [0.1, 0.15) is 11.3 Å². The molecule has 1 unspecified atom stereocenters. The van der Waals surface area contributed by atoms with Crippen LogP contribution in [-0.2, 0) is 12.7 Å². The molecule has 1 saturated carbocycles. The predicted molar refractivity (Wildman–Crippen MR) is 121 cm³/mol. The van der Waals surface area contributed by atoms with E-state index in [9.17, 15) is 23.2 Å². The molecule has 5 rings (SSSR count). The maximum absolute atomic E-state index is 13.6. The topological polar surface area (TPSA) is 113 Å². The number of imidazole rings is 1. The summed E-state index contributed by atoms with van der Waals surface area (Å²) in [6, 6.07) is 9.43. The lowest BCUT2D eigenvalue weighted by Crippen LogP contribution is -2.35. The van der Waals surface area contributed by atoms with Crippen LogP contribution in [0.5, 0.6) is 0 Å². The number of carbonyl (C=O) groups is 1. The number of halogens is 3. The van der Waals surface area contributed by atoms with Crippen LogP contribution in [0.25, 0.3) is 16.6 Å². The molecule has 0 bridgehead atoms. The highest BCUT2D eigenvalue weighted by Gasteiger charge is 2.34. The molecule has 0 radical (unpaired) electrons. The minimum atomic E-state index is -4.50. The lowest BCUT2D eigenvalue weighted by Gasteiger charge is -2.25. The van der Waals surface area contributed by atoms with Crippen molar-refractivity contribution in [3.8, 4) is 6.07 Å². The number of benzene rings is 1. The summed E-state index contributed by atoms with van der Waals surface area (Å²) < 4.78 is 40.5. The van der Waals surface area contributed by atoms with Gasteiger partial charge in [-0.3, -0.25) is 14.2 Å². The molecule has 1 fully saturated rings. The number of carbonyl (C=O) groups excluding carboxylic acids is 1. The van der Waals surface area contributed by atoms with Gasteiger partial charge >= 0.3 is 6.18 Å². The Morgan fingerprint density at radius 1 is 1.23 bits per heavy atom. The molecule has 2 N–H and O–H groups in total. The van der Waals surface area contributed by atoms with Crippen LogP contribution in [0.4, 0.5) is 19.0 Å². The number of nitrogen functional groups attached to an aromatic ring is 1. The van der Waals surface area contributed by atoms with Crippen molar-refractivity contribution in [1.82, 2.24) is 24.3 Å². The molecule has 0 aliphatic heterocycles. The van der Waals surface area contributed by atoms with Crippen LogP contribution in [-0.4, -0.2) is 36.7 Å². The molecule has 3 aromatic heterocycles. The van der Waals surface area contributed by atoms with Crippen LogP contribution < -0.4 is 5.73 Å². The summed E-state index contributed by atoms with van der Waals surface area (Å²) in [6.45, 7) is 0.127. The number of aromatic nitrogens is 4. The van der Waals surface area contributed by atoms with E-state index in [2.05, 4.69) is 21.0 Å². The quantitative estimate of drug-likeness (QED) is 0.446. The van der Waals surface area contributed by atoms with Gasteiger partial charge in [0, 0.05) is 18.3 Å². The van der Waals surface area contributed by atoms with E-state index >= 15 is 0 Å². The molecule has 1 aliphatic rings. The normalized spacial score (nSPS) is 14.7. The van der Waals surface area contributed by atoms with Gasteiger partial charge < -0.3 is 10.6 Å². The first-order valence-corrected chi connectivity index (χ1v) is 11.0. The minimum absolute atomic E-state index is 0.0274. The number of fused-ring (bicyclic) bond motifs is 3. The largest absolute Gasteiger partial charge is 0.417 e. The van der Waals surface area contributed by atoms with Gasteiger partial charge in [-0.05, 0) is 49.1 Å². The molecular weight excluding hydrogens is 459 g/mol. The average molecular weight is 479 g/mol. The molecular formula is C24H20F3N7O. The number of nitrogens with two attached hydrogens (primary N) is 1. The van der Waals surface area contributed by atoms with Gasteiger partial charge in [-0.2, -0.15) is 18.4 Å². The van der Waals surface area contributed by atoms with Crippen molar-refractivity contribution in [3.63, 3.8) is 0 Å². The molecule has 8 nitrogen and oxygen atoms in total. The predicted octanol–water partition coefficient (Wildman–Crippen LogP) is 4.07. The second-order valence-corrected chi connectivity index (χ2v) is 8.64. The fourth-order valence-electron chi connectivity index (χ4n) is 4.12. The number of rotatable bonds is 6. The molecule has 35 heavy (non-hydrogen) atoms. The Kier molecular flexibility index (Phi) is 5.51. The zero-order valence-corrected chi connectivity index (χ0v) is 18.4. The summed E-state index contributed by atoms with van der Waals surface area (Å²) in [5.74, 6) is -0.203. The van der Waals surface area contributed by atoms with Crippen molar-refractivity contribution >= 4 is 28.3 Å². The van der Waals surface area contributed by atoms with Gasteiger partial charge in [-0.1, -0.05) is 0 Å². The molecule has 0 saturated heterocycles. The smallest absolute Gasteiger partial charge is 0.382 e. The highest BCUT2D eigenvalue weighted by molar-refractivity contribution is 5.98. The summed E-state index contributed by atoms with van der Waals surface area (Å²) in [5.41, 5.74) is 7.57. The Hall–Kier alpha value is -4.20. The van der Waals surface area contributed by atoms with E-state index in [0.717, 1.165) is 25.1 Å². The van der Waals surface area contributed by atoms with E-state index in [0.29, 0.717) is 33.6 Å². The summed E-state index contributed by atoms with van der Waals surface area (Å²) >= 11 is 0. The monoisotopic (exact) mass is 479 g/mol. The molecule has 178 valence electrons. The van der Waals surface area contributed by atoms with Crippen molar-refractivity contribution in [3.05, 3.63) is 65.9 Å². The van der Waals surface area contributed by atoms with Crippen molar-refractivity contribution in [1.29, 1.82) is 5.26 Å². The van der Waals surface area contributed by atoms with E-state index < -0.39 is 11.7 Å². The molecule has 1 amide bonds. The highest BCUT2D eigenvalue weighted by atomic mass is 19.4. The molecule has 1 aromatic carbocycles. The number of alkyl halides is 3. The van der Waals surface area contributed by atoms with E-state index in [1.54, 1.807) is 35.1 Å². The number of anilines is 1.